The molecule has 0 saturated carbocycles. The van der Waals surface area contributed by atoms with Crippen molar-refractivity contribution in [1.29, 1.82) is 0 Å². The summed E-state index contributed by atoms with van der Waals surface area (Å²) in [6.07, 6.45) is 0.162. The first-order valence-electron chi connectivity index (χ1n) is 8.85. The van der Waals surface area contributed by atoms with E-state index in [4.69, 9.17) is 9.47 Å². The Hall–Kier alpha value is -3.20. The first kappa shape index (κ1) is 19.6. The summed E-state index contributed by atoms with van der Waals surface area (Å²) in [5.41, 5.74) is 3.07. The van der Waals surface area contributed by atoms with Gasteiger partial charge in [-0.15, -0.1) is 0 Å². The van der Waals surface area contributed by atoms with Crippen LogP contribution in [0.5, 0.6) is 5.75 Å². The van der Waals surface area contributed by atoms with E-state index in [1.807, 2.05) is 6.92 Å². The number of esters is 1. The normalized spacial score (nSPS) is 19.0. The van der Waals surface area contributed by atoms with E-state index in [0.29, 0.717) is 18.0 Å². The number of ketones is 1. The number of methoxy groups -OCH3 is 1. The second kappa shape index (κ2) is 7.81. The number of rotatable bonds is 7. The molecule has 1 saturated heterocycles. The second-order valence-electron chi connectivity index (χ2n) is 6.35. The molecule has 1 fully saturated rings. The van der Waals surface area contributed by atoms with E-state index in [9.17, 15) is 19.2 Å². The predicted molar refractivity (Wildman–Crippen MR) is 98.1 cm³/mol. The van der Waals surface area contributed by atoms with Crippen molar-refractivity contribution in [2.75, 3.05) is 25.2 Å². The summed E-state index contributed by atoms with van der Waals surface area (Å²) in [5, 5.41) is 1.43. The minimum absolute atomic E-state index is 0.0225. The Bertz CT molecular complexity index is 861. The lowest BCUT2D eigenvalue weighted by molar-refractivity contribution is -0.137. The molecule has 3 rings (SSSR count). The molecule has 0 bridgehead atoms. The highest BCUT2D eigenvalue weighted by atomic mass is 16.5. The van der Waals surface area contributed by atoms with Crippen molar-refractivity contribution in [2.45, 2.75) is 26.3 Å². The van der Waals surface area contributed by atoms with Crippen LogP contribution in [0.3, 0.4) is 0 Å². The summed E-state index contributed by atoms with van der Waals surface area (Å²) in [6.45, 7) is 3.95. The van der Waals surface area contributed by atoms with Gasteiger partial charge in [0.2, 0.25) is 0 Å². The zero-order chi connectivity index (χ0) is 20.4. The molecule has 2 heterocycles. The molecule has 2 amide bonds. The molecule has 148 valence electrons. The summed E-state index contributed by atoms with van der Waals surface area (Å²) in [6, 6.07) is 5.54. The number of ether oxygens (including phenoxy) is 2. The first-order chi connectivity index (χ1) is 13.4. The maximum Gasteiger partial charge on any atom is 0.356 e. The van der Waals surface area contributed by atoms with Gasteiger partial charge in [0.1, 0.15) is 23.3 Å². The van der Waals surface area contributed by atoms with Crippen molar-refractivity contribution in [1.82, 2.24) is 10.4 Å². The molecule has 1 N–H and O–H groups in total. The average Bonchev–Trinajstić information content (AvgIpc) is 3.17. The van der Waals surface area contributed by atoms with Crippen LogP contribution in [0.4, 0.5) is 5.69 Å². The van der Waals surface area contributed by atoms with Crippen LogP contribution in [-0.2, 0) is 23.9 Å². The molecule has 28 heavy (non-hydrogen) atoms. The maximum atomic E-state index is 13.0. The van der Waals surface area contributed by atoms with Crippen molar-refractivity contribution < 1.29 is 28.7 Å². The molecule has 2 aliphatic heterocycles. The van der Waals surface area contributed by atoms with Crippen LogP contribution in [0.25, 0.3) is 0 Å². The van der Waals surface area contributed by atoms with Crippen molar-refractivity contribution >= 4 is 29.3 Å². The topological polar surface area (TPSA) is 105 Å². The molecule has 1 aromatic carbocycles. The van der Waals surface area contributed by atoms with Gasteiger partial charge in [-0.1, -0.05) is 0 Å². The highest BCUT2D eigenvalue weighted by Gasteiger charge is 2.53. The van der Waals surface area contributed by atoms with Gasteiger partial charge in [0.05, 0.1) is 25.0 Å². The van der Waals surface area contributed by atoms with E-state index < -0.39 is 23.8 Å². The van der Waals surface area contributed by atoms with Gasteiger partial charge >= 0.3 is 5.97 Å². The molecule has 0 unspecified atom stereocenters. The Labute approximate surface area is 161 Å². The SMILES string of the molecule is CCOc1ccc(N2C(=O)C3=C(C(=O)OC)NN(CCC(C)=O)[C@@H]3C2=O)cc1. The number of hydrogen-bond donors (Lipinski definition) is 1. The number of Topliss-reactive ketones (excluding diaryl/α,β-unsaturated/α-hetero) is 1. The standard InChI is InChI=1S/C19H21N3O6/c1-4-28-13-7-5-12(6-8-13)22-17(24)14-15(19(26)27-3)20-21(10-9-11(2)23)16(14)18(22)25/h5-8,16,20H,4,9-10H2,1-3H3/t16-/m0/s1. The molecule has 0 aromatic heterocycles. The summed E-state index contributed by atoms with van der Waals surface area (Å²) in [7, 11) is 1.19. The third-order valence-electron chi connectivity index (χ3n) is 4.50. The Balaban J connectivity index is 1.96. The summed E-state index contributed by atoms with van der Waals surface area (Å²) < 4.78 is 10.1. The highest BCUT2D eigenvalue weighted by molar-refractivity contribution is 6.32. The molecular weight excluding hydrogens is 366 g/mol. The number of hydrazine groups is 1. The van der Waals surface area contributed by atoms with Crippen LogP contribution in [0, 0.1) is 0 Å². The first-order valence-corrected chi connectivity index (χ1v) is 8.85. The van der Waals surface area contributed by atoms with Crippen LogP contribution in [0.1, 0.15) is 20.3 Å². The van der Waals surface area contributed by atoms with Gasteiger partial charge in [-0.2, -0.15) is 0 Å². The number of nitrogens with one attached hydrogen (secondary N) is 1. The second-order valence-corrected chi connectivity index (χ2v) is 6.35. The zero-order valence-corrected chi connectivity index (χ0v) is 15.9. The zero-order valence-electron chi connectivity index (χ0n) is 15.9. The number of carbonyl (C=O) groups is 4. The van der Waals surface area contributed by atoms with Gasteiger partial charge in [-0.25, -0.2) is 14.7 Å². The fourth-order valence-electron chi connectivity index (χ4n) is 3.21. The van der Waals surface area contributed by atoms with Crippen LogP contribution in [0.2, 0.25) is 0 Å². The van der Waals surface area contributed by atoms with E-state index in [1.54, 1.807) is 24.3 Å². The fourth-order valence-corrected chi connectivity index (χ4v) is 3.21. The van der Waals surface area contributed by atoms with E-state index >= 15 is 0 Å². The number of benzene rings is 1. The Morgan fingerprint density at radius 1 is 1.18 bits per heavy atom. The largest absolute Gasteiger partial charge is 0.494 e. The van der Waals surface area contributed by atoms with E-state index in [0.717, 1.165) is 4.90 Å². The van der Waals surface area contributed by atoms with Crippen molar-refractivity contribution in [3.8, 4) is 5.75 Å². The number of imide groups is 1. The Morgan fingerprint density at radius 3 is 2.43 bits per heavy atom. The van der Waals surface area contributed by atoms with Crippen molar-refractivity contribution in [2.24, 2.45) is 0 Å². The summed E-state index contributed by atoms with van der Waals surface area (Å²) in [4.78, 5) is 50.5. The number of carbonyl (C=O) groups excluding carboxylic acids is 4. The van der Waals surface area contributed by atoms with E-state index in [-0.39, 0.29) is 30.0 Å². The van der Waals surface area contributed by atoms with Gasteiger partial charge in [0.15, 0.2) is 0 Å². The lowest BCUT2D eigenvalue weighted by Crippen LogP contribution is -2.47. The number of nitrogens with zero attached hydrogens (tertiary/aromatic N) is 2. The lowest BCUT2D eigenvalue weighted by atomic mass is 10.1. The van der Waals surface area contributed by atoms with Gasteiger partial charge < -0.3 is 14.9 Å². The van der Waals surface area contributed by atoms with Gasteiger partial charge in [0.25, 0.3) is 11.8 Å². The fraction of sp³-hybridized carbons (Fsp3) is 0.368. The van der Waals surface area contributed by atoms with Crippen LogP contribution in [-0.4, -0.2) is 54.9 Å². The summed E-state index contributed by atoms with van der Waals surface area (Å²) in [5.74, 6) is -1.31. The quantitative estimate of drug-likeness (QED) is 0.534. The molecule has 0 spiro atoms. The molecule has 1 aromatic rings. The minimum atomic E-state index is -0.993. The predicted octanol–water partition coefficient (Wildman–Crippen LogP) is 0.554. The van der Waals surface area contributed by atoms with E-state index in [1.165, 1.54) is 19.0 Å². The molecule has 9 nitrogen and oxygen atoms in total. The molecule has 1 atom stereocenters. The van der Waals surface area contributed by atoms with Crippen LogP contribution < -0.4 is 15.1 Å². The Morgan fingerprint density at radius 2 is 1.86 bits per heavy atom. The van der Waals surface area contributed by atoms with Gasteiger partial charge in [0, 0.05) is 13.0 Å². The van der Waals surface area contributed by atoms with E-state index in [2.05, 4.69) is 5.43 Å². The highest BCUT2D eigenvalue weighted by Crippen LogP contribution is 2.35. The third kappa shape index (κ3) is 3.36. The van der Waals surface area contributed by atoms with Crippen LogP contribution in [0.15, 0.2) is 35.5 Å². The number of amides is 2. The maximum absolute atomic E-state index is 13.0. The number of fused-ring (bicyclic) bond motifs is 1. The molecule has 0 aliphatic carbocycles. The molecule has 0 radical (unpaired) electrons. The summed E-state index contributed by atoms with van der Waals surface area (Å²) >= 11 is 0. The molecule has 2 aliphatic rings. The monoisotopic (exact) mass is 387 g/mol. The van der Waals surface area contributed by atoms with Gasteiger partial charge in [-0.3, -0.25) is 14.4 Å². The average molecular weight is 387 g/mol. The smallest absolute Gasteiger partial charge is 0.356 e. The molecule has 9 heteroatoms. The van der Waals surface area contributed by atoms with Gasteiger partial charge in [-0.05, 0) is 38.1 Å². The number of anilines is 1. The van der Waals surface area contributed by atoms with Crippen molar-refractivity contribution in [3.63, 3.8) is 0 Å². The third-order valence-corrected chi connectivity index (χ3v) is 4.50. The molecular formula is C19H21N3O6. The Kier molecular flexibility index (Phi) is 5.46. The minimum Gasteiger partial charge on any atom is -0.494 e. The van der Waals surface area contributed by atoms with Crippen molar-refractivity contribution in [3.05, 3.63) is 35.5 Å². The van der Waals surface area contributed by atoms with Crippen LogP contribution >= 0.6 is 0 Å². The number of hydrogen-bond acceptors (Lipinski definition) is 8. The lowest BCUT2D eigenvalue weighted by Gasteiger charge is -2.23.